The number of amides is 4. The molecule has 7 rings (SSSR count). The number of ketones is 4. The first-order valence-electron chi connectivity index (χ1n) is 28.1. The summed E-state index contributed by atoms with van der Waals surface area (Å²) in [5.74, 6) is -9.86. The number of hydrogen-bond acceptors (Lipinski definition) is 14. The van der Waals surface area contributed by atoms with Crippen LogP contribution in [0.25, 0.3) is 32.3 Å². The van der Waals surface area contributed by atoms with Crippen molar-refractivity contribution in [3.05, 3.63) is 138 Å². The SMILES string of the molecule is CC(C)[C@@H]1CC(=O)[C@H](CCCCN)NC(=O)[C@@H](Cc2c3ccccc3cc3ccccc23)CC(=O)[C@H](Cc2ccc(O)cc2)NC(=O)[C@@H](CC(=O)[C@H](N)Cc2ccc3ccccc3c2)CSSC[C@@H](C(=O)C[C@H](C(N)=O)C(C)O)NC1=O. The van der Waals surface area contributed by atoms with E-state index in [9.17, 15) is 34.2 Å². The fourth-order valence-electron chi connectivity index (χ4n) is 10.7. The van der Waals surface area contributed by atoms with E-state index < -0.39 is 113 Å². The van der Waals surface area contributed by atoms with Crippen molar-refractivity contribution in [2.45, 2.75) is 115 Å². The molecular weight excluding hydrogens is 1080 g/mol. The van der Waals surface area contributed by atoms with Gasteiger partial charge < -0.3 is 43.4 Å². The van der Waals surface area contributed by atoms with Crippen molar-refractivity contribution in [2.24, 2.45) is 46.8 Å². The molecule has 0 radical (unpaired) electrons. The highest BCUT2D eigenvalue weighted by atomic mass is 33.1. The fourth-order valence-corrected chi connectivity index (χ4v) is 13.2. The molecule has 6 aromatic rings. The molecule has 1 aliphatic heterocycles. The number of benzene rings is 6. The zero-order chi connectivity index (χ0) is 59.0. The molecule has 0 aromatic heterocycles. The van der Waals surface area contributed by atoms with Crippen molar-refractivity contribution in [1.29, 1.82) is 0 Å². The number of nitrogens with one attached hydrogen (secondary N) is 3. The lowest BCUT2D eigenvalue weighted by atomic mass is 9.84. The van der Waals surface area contributed by atoms with Gasteiger partial charge in [0.15, 0.2) is 23.1 Å². The van der Waals surface area contributed by atoms with Crippen molar-refractivity contribution >= 4 is 101 Å². The number of rotatable bonds is 19. The largest absolute Gasteiger partial charge is 0.508 e. The average Bonchev–Trinajstić information content (AvgIpc) is 3.10. The zero-order valence-corrected chi connectivity index (χ0v) is 48.4. The second kappa shape index (κ2) is 29.8. The maximum Gasteiger partial charge on any atom is 0.225 e. The summed E-state index contributed by atoms with van der Waals surface area (Å²) in [4.78, 5) is 116. The molecular formula is C64H76N6O10S2. The number of aliphatic hydroxyl groups excluding tert-OH is 1. The number of nitrogens with two attached hydrogens (primary N) is 3. The number of phenols is 1. The van der Waals surface area contributed by atoms with Gasteiger partial charge in [-0.25, -0.2) is 0 Å². The van der Waals surface area contributed by atoms with Crippen LogP contribution in [0.15, 0.2) is 121 Å². The van der Waals surface area contributed by atoms with Crippen LogP contribution in [-0.2, 0) is 57.6 Å². The van der Waals surface area contributed by atoms with Crippen LogP contribution in [0.1, 0.15) is 82.4 Å². The van der Waals surface area contributed by atoms with E-state index >= 15 is 14.4 Å². The molecule has 82 heavy (non-hydrogen) atoms. The van der Waals surface area contributed by atoms with E-state index in [4.69, 9.17) is 17.2 Å². The van der Waals surface area contributed by atoms with Gasteiger partial charge in [-0.2, -0.15) is 0 Å². The van der Waals surface area contributed by atoms with E-state index in [0.717, 1.165) is 65.0 Å². The first-order valence-corrected chi connectivity index (χ1v) is 30.6. The van der Waals surface area contributed by atoms with Crippen LogP contribution in [0, 0.1) is 29.6 Å². The maximum atomic E-state index is 15.3. The molecule has 1 heterocycles. The minimum atomic E-state index is -1.29. The number of Topliss-reactive ketones (excluding diaryl/α,β-unsaturated/α-hetero) is 4. The highest BCUT2D eigenvalue weighted by Gasteiger charge is 2.37. The van der Waals surface area contributed by atoms with E-state index in [1.54, 1.807) is 26.0 Å². The Morgan fingerprint density at radius 3 is 1.87 bits per heavy atom. The summed E-state index contributed by atoms with van der Waals surface area (Å²) in [6.07, 6.45) is -1.55. The molecule has 0 aliphatic carbocycles. The van der Waals surface area contributed by atoms with Crippen LogP contribution in [0.5, 0.6) is 5.75 Å². The molecule has 16 nitrogen and oxygen atoms in total. The molecule has 434 valence electrons. The van der Waals surface area contributed by atoms with Crippen molar-refractivity contribution in [1.82, 2.24) is 16.0 Å². The Hall–Kier alpha value is -6.96. The molecule has 1 aliphatic rings. The van der Waals surface area contributed by atoms with Gasteiger partial charge >= 0.3 is 0 Å². The summed E-state index contributed by atoms with van der Waals surface area (Å²) in [6, 6.07) is 32.7. The van der Waals surface area contributed by atoms with E-state index in [-0.39, 0.29) is 62.2 Å². The summed E-state index contributed by atoms with van der Waals surface area (Å²) in [6.45, 7) is 5.18. The summed E-state index contributed by atoms with van der Waals surface area (Å²) in [5, 5.41) is 35.1. The Morgan fingerprint density at radius 1 is 0.646 bits per heavy atom. The topological polar surface area (TPSA) is 291 Å². The summed E-state index contributed by atoms with van der Waals surface area (Å²) in [7, 11) is 2.27. The smallest absolute Gasteiger partial charge is 0.225 e. The van der Waals surface area contributed by atoms with E-state index in [0.29, 0.717) is 24.9 Å². The predicted octanol–water partition coefficient (Wildman–Crippen LogP) is 7.01. The lowest BCUT2D eigenvalue weighted by molar-refractivity contribution is -0.136. The van der Waals surface area contributed by atoms with E-state index in [1.165, 1.54) is 19.1 Å². The van der Waals surface area contributed by atoms with Crippen LogP contribution >= 0.6 is 21.6 Å². The minimum absolute atomic E-state index is 0.0167. The average molecular weight is 1150 g/mol. The molecule has 0 spiro atoms. The van der Waals surface area contributed by atoms with Crippen molar-refractivity contribution in [2.75, 3.05) is 18.1 Å². The molecule has 0 saturated carbocycles. The second-order valence-corrected chi connectivity index (χ2v) is 24.6. The number of aliphatic hydroxyl groups is 1. The summed E-state index contributed by atoms with van der Waals surface area (Å²) >= 11 is 0. The quantitative estimate of drug-likeness (QED) is 0.0230. The van der Waals surface area contributed by atoms with Crippen LogP contribution in [0.2, 0.25) is 0 Å². The number of carbonyl (C=O) groups is 8. The third-order valence-corrected chi connectivity index (χ3v) is 18.1. The molecule has 4 amide bonds. The first kappa shape index (κ1) is 62.6. The van der Waals surface area contributed by atoms with E-state index in [1.807, 2.05) is 91.0 Å². The molecule has 0 bridgehead atoms. The van der Waals surface area contributed by atoms with Crippen LogP contribution in [0.4, 0.5) is 0 Å². The van der Waals surface area contributed by atoms with Gasteiger partial charge in [-0.05, 0) is 125 Å². The van der Waals surface area contributed by atoms with Gasteiger partial charge in [-0.1, -0.05) is 139 Å². The van der Waals surface area contributed by atoms with Gasteiger partial charge in [-0.15, -0.1) is 0 Å². The van der Waals surface area contributed by atoms with Gasteiger partial charge in [0.1, 0.15) is 5.75 Å². The lowest BCUT2D eigenvalue weighted by Gasteiger charge is -2.28. The third kappa shape index (κ3) is 17.1. The molecule has 18 heteroatoms. The lowest BCUT2D eigenvalue weighted by Crippen LogP contribution is -2.50. The highest BCUT2D eigenvalue weighted by Crippen LogP contribution is 2.33. The van der Waals surface area contributed by atoms with Crippen molar-refractivity contribution < 1.29 is 48.6 Å². The number of aromatic hydroxyl groups is 1. The second-order valence-electron chi connectivity index (χ2n) is 22.1. The van der Waals surface area contributed by atoms with Crippen LogP contribution in [0.3, 0.4) is 0 Å². The molecule has 11 N–H and O–H groups in total. The van der Waals surface area contributed by atoms with Gasteiger partial charge in [-0.3, -0.25) is 38.4 Å². The fraction of sp³-hybridized carbons (Fsp3) is 0.406. The number of unbranched alkanes of at least 4 members (excludes halogenated alkanes) is 1. The molecule has 6 aromatic carbocycles. The summed E-state index contributed by atoms with van der Waals surface area (Å²) < 4.78 is 0. The van der Waals surface area contributed by atoms with Gasteiger partial charge in [0.25, 0.3) is 0 Å². The number of hydrogen-bond donors (Lipinski definition) is 8. The maximum absolute atomic E-state index is 15.3. The normalized spacial score (nSPS) is 21.3. The molecule has 1 fully saturated rings. The van der Waals surface area contributed by atoms with Gasteiger partial charge in [0.2, 0.25) is 23.6 Å². The van der Waals surface area contributed by atoms with Crippen LogP contribution in [-0.4, -0.2) is 105 Å². The Kier molecular flexibility index (Phi) is 22.8. The minimum Gasteiger partial charge on any atom is -0.508 e. The summed E-state index contributed by atoms with van der Waals surface area (Å²) in [5.41, 5.74) is 20.4. The number of fused-ring (bicyclic) bond motifs is 3. The molecule has 1 saturated heterocycles. The van der Waals surface area contributed by atoms with Crippen molar-refractivity contribution in [3.63, 3.8) is 0 Å². The number of phenolic OH excluding ortho intramolecular Hbond substituents is 1. The third-order valence-electron chi connectivity index (χ3n) is 15.6. The molecule has 9 atom stereocenters. The van der Waals surface area contributed by atoms with Gasteiger partial charge in [0.05, 0.1) is 42.1 Å². The van der Waals surface area contributed by atoms with Crippen molar-refractivity contribution in [3.8, 4) is 5.75 Å². The Morgan fingerprint density at radius 2 is 1.23 bits per heavy atom. The highest BCUT2D eigenvalue weighted by molar-refractivity contribution is 8.76. The van der Waals surface area contributed by atoms with Gasteiger partial charge in [0, 0.05) is 49.0 Å². The number of primary amides is 1. The Labute approximate surface area is 486 Å². The number of carbonyl (C=O) groups excluding carboxylic acids is 8. The predicted molar refractivity (Wildman–Crippen MR) is 324 cm³/mol. The van der Waals surface area contributed by atoms with E-state index in [2.05, 4.69) is 22.0 Å². The Bertz CT molecular complexity index is 3210. The molecule has 1 unspecified atom stereocenters. The zero-order valence-electron chi connectivity index (χ0n) is 46.7. The first-order chi connectivity index (χ1) is 39.3. The Balaban J connectivity index is 1.30. The van der Waals surface area contributed by atoms with Crippen LogP contribution < -0.4 is 33.2 Å². The standard InChI is InChI=1S/C64H76N6O10S2/c1-37(2)50-33-59(75)54(18-10-11-25-65)68-62(78)45(30-52-48-16-8-6-14-43(48)29-44-15-7-9-17-49(44)52)31-58(74)55(28-39-20-23-47(72)24-21-39)69-63(79)46(32-57(73)53(66)27-40-19-22-41-12-4-5-13-42(41)26-40)35-81-82-36-56(70-64(50)80)60(76)34-51(38(3)71)61(67)77/h4-9,12-17,19-24,26,29,37-38,45-46,50-51,53-56,71-72H,10-11,18,25,27-28,30-36,65-66H2,1-3H3,(H2,67,77)(H,68,78)(H,69,79)(H,70,80)/t38?,45-,46-,50-,51-,53+,54-,55-,56-/m0/s1. The monoisotopic (exact) mass is 1150 g/mol.